The number of nitrogen functional groups attached to an aromatic ring is 3. The lowest BCUT2D eigenvalue weighted by Crippen LogP contribution is -2.32. The summed E-state index contributed by atoms with van der Waals surface area (Å²) in [7, 11) is 0. The molecule has 23 heteroatoms. The number of carbonyl (C=O) groups excluding carboxylic acids is 6. The van der Waals surface area contributed by atoms with Crippen LogP contribution in [-0.2, 0) is 31.0 Å². The van der Waals surface area contributed by atoms with Crippen molar-refractivity contribution in [3.05, 3.63) is 248 Å². The van der Waals surface area contributed by atoms with Gasteiger partial charge < -0.3 is 60.2 Å². The highest BCUT2D eigenvalue weighted by molar-refractivity contribution is 6.05. The monoisotopic (exact) mass is 1390 g/mol. The Morgan fingerprint density at radius 2 is 0.709 bits per heavy atom. The van der Waals surface area contributed by atoms with E-state index in [1.54, 1.807) is 26.2 Å². The Bertz CT molecular complexity index is 4690. The number of benzene rings is 7. The van der Waals surface area contributed by atoms with Gasteiger partial charge in [-0.05, 0) is 149 Å². The molecule has 3 aromatic heterocycles. The van der Waals surface area contributed by atoms with Crippen LogP contribution in [0.1, 0.15) is 190 Å². The van der Waals surface area contributed by atoms with Crippen molar-refractivity contribution in [2.24, 2.45) is 17.2 Å². The molecule has 3 saturated carbocycles. The third-order valence-corrected chi connectivity index (χ3v) is 19.4. The predicted octanol–water partition coefficient (Wildman–Crippen LogP) is 11.3. The number of nitrogens with zero attached hydrogens (tertiary/aromatic N) is 6. The van der Waals surface area contributed by atoms with Crippen molar-refractivity contribution >= 4 is 52.9 Å². The van der Waals surface area contributed by atoms with Crippen LogP contribution in [-0.4, -0.2) is 81.6 Å². The fourth-order valence-corrected chi connectivity index (χ4v) is 13.2. The standard InChI is InChI=1S/C32H35N5O3.C26H31N5O3.C22H23N5O2/c1-21-7-5-6-10-27(21)32(39)35-19-22-11-13-24(14-12-22)29-28(31(34)38)30(33)37(36-29)25-15-17-26(18-16-25)40-20-23-8-3-2-4-9-23;1-16-5-3-4-6-20(16)25(33)29-15-17-7-9-18(10-8-17)22-21(24(28)32)23(27)31(30-22)19-11-13-26(2,34)14-12-19;1-13-4-2-3-5-17(13)22(29)25-12-14-6-8-15(9-7-14)19-18(21(24)28)20(23)27(26-19)16-10-11-16/h2-14,25-26H,15-20,33H2,1H3,(H2,34,38)(H,35,39);3-10,19,34H,11-15,27H2,1-2H3,(H2,28,32)(H,29,33);2-9,16H,10-12,23H2,1H3,(H2,24,28)(H,25,29). The third kappa shape index (κ3) is 17.6. The van der Waals surface area contributed by atoms with E-state index in [0.717, 1.165) is 107 Å². The lowest BCUT2D eigenvalue weighted by Gasteiger charge is -2.33. The molecular weight excluding hydrogens is 1300 g/mol. The largest absolute Gasteiger partial charge is 0.390 e. The number of ether oxygens (including phenoxy) is 1. The summed E-state index contributed by atoms with van der Waals surface area (Å²) < 4.78 is 11.3. The minimum atomic E-state index is -0.682. The van der Waals surface area contributed by atoms with Gasteiger partial charge in [-0.25, -0.2) is 14.0 Å². The van der Waals surface area contributed by atoms with Gasteiger partial charge >= 0.3 is 0 Å². The molecule has 3 aliphatic carbocycles. The van der Waals surface area contributed by atoms with E-state index in [1.807, 2.05) is 179 Å². The Morgan fingerprint density at radius 1 is 0.417 bits per heavy atom. The first-order chi connectivity index (χ1) is 49.5. The van der Waals surface area contributed by atoms with E-state index in [4.69, 9.17) is 44.2 Å². The number of nitrogens with one attached hydrogen (secondary N) is 3. The number of aryl methyl sites for hydroxylation is 3. The lowest BCUT2D eigenvalue weighted by molar-refractivity contribution is 0.00762. The molecule has 0 bridgehead atoms. The number of hydrogen-bond acceptors (Lipinski definition) is 14. The van der Waals surface area contributed by atoms with Gasteiger partial charge in [0, 0.05) is 53.0 Å². The summed E-state index contributed by atoms with van der Waals surface area (Å²) in [5, 5.41) is 33.1. The summed E-state index contributed by atoms with van der Waals surface area (Å²) in [6.07, 6.45) is 8.38. The second-order valence-electron chi connectivity index (χ2n) is 27.0. The Kier molecular flexibility index (Phi) is 22.8. The third-order valence-electron chi connectivity index (χ3n) is 19.4. The molecule has 532 valence electrons. The van der Waals surface area contributed by atoms with Crippen LogP contribution in [0.5, 0.6) is 0 Å². The molecular formula is C80H89N15O8. The summed E-state index contributed by atoms with van der Waals surface area (Å²) >= 11 is 0. The van der Waals surface area contributed by atoms with Gasteiger partial charge in [-0.1, -0.05) is 158 Å². The number of aromatic nitrogens is 6. The van der Waals surface area contributed by atoms with Gasteiger partial charge in [0.2, 0.25) is 0 Å². The highest BCUT2D eigenvalue weighted by Crippen LogP contribution is 2.41. The summed E-state index contributed by atoms with van der Waals surface area (Å²) in [6.45, 7) is 9.30. The molecule has 16 N–H and O–H groups in total. The second-order valence-corrected chi connectivity index (χ2v) is 27.0. The van der Waals surface area contributed by atoms with Crippen molar-refractivity contribution < 1.29 is 38.6 Å². The van der Waals surface area contributed by atoms with E-state index < -0.39 is 23.3 Å². The summed E-state index contributed by atoms with van der Waals surface area (Å²) in [6, 6.07) is 55.4. The predicted molar refractivity (Wildman–Crippen MR) is 398 cm³/mol. The SMILES string of the molecule is Cc1ccccc1C(=O)NCc1ccc(-c2nn(C3CC3)c(N)c2C(N)=O)cc1.Cc1ccccc1C(=O)NCc1ccc(-c2nn(C3CCC(C)(O)CC3)c(N)c2C(N)=O)cc1.Cc1ccccc1C(=O)NCc1ccc(-c2nn(C3CCC(OCc4ccccc4)CC3)c(N)c2C(N)=O)cc1. The van der Waals surface area contributed by atoms with E-state index in [9.17, 15) is 33.9 Å². The molecule has 0 unspecified atom stereocenters. The van der Waals surface area contributed by atoms with E-state index in [1.165, 1.54) is 0 Å². The number of nitrogens with two attached hydrogens (primary N) is 6. The molecule has 0 atom stereocenters. The van der Waals surface area contributed by atoms with E-state index in [-0.39, 0.29) is 64.5 Å². The molecule has 23 nitrogen and oxygen atoms in total. The Balaban J connectivity index is 0.000000157. The van der Waals surface area contributed by atoms with Crippen LogP contribution in [0.25, 0.3) is 33.8 Å². The van der Waals surface area contributed by atoms with Crippen LogP contribution in [0.15, 0.2) is 176 Å². The molecule has 0 spiro atoms. The van der Waals surface area contributed by atoms with Crippen LogP contribution in [0.3, 0.4) is 0 Å². The lowest BCUT2D eigenvalue weighted by atomic mass is 9.84. The second kappa shape index (κ2) is 32.3. The van der Waals surface area contributed by atoms with Crippen LogP contribution >= 0.6 is 0 Å². The van der Waals surface area contributed by atoms with Crippen molar-refractivity contribution in [2.75, 3.05) is 17.2 Å². The quantitative estimate of drug-likeness (QED) is 0.0320. The van der Waals surface area contributed by atoms with Crippen molar-refractivity contribution in [3.63, 3.8) is 0 Å². The Hall–Kier alpha value is -11.7. The zero-order valence-corrected chi connectivity index (χ0v) is 58.4. The fraction of sp³-hybridized carbons (Fsp3) is 0.287. The molecule has 0 saturated heterocycles. The molecule has 7 aromatic carbocycles. The number of primary amides is 3. The van der Waals surface area contributed by atoms with Crippen LogP contribution in [0.4, 0.5) is 17.5 Å². The van der Waals surface area contributed by atoms with E-state index in [0.29, 0.717) is 84.5 Å². The molecule has 103 heavy (non-hydrogen) atoms. The minimum absolute atomic E-state index is 0.00278. The molecule has 13 rings (SSSR count). The number of anilines is 3. The van der Waals surface area contributed by atoms with Crippen LogP contribution in [0, 0.1) is 20.8 Å². The fourth-order valence-electron chi connectivity index (χ4n) is 13.2. The zero-order valence-electron chi connectivity index (χ0n) is 58.4. The average Bonchev–Trinajstić information content (AvgIpc) is 1.65. The molecule has 3 fully saturated rings. The average molecular weight is 1390 g/mol. The summed E-state index contributed by atoms with van der Waals surface area (Å²) in [5.41, 5.74) is 48.2. The topological polar surface area (TPSA) is 378 Å². The van der Waals surface area contributed by atoms with Gasteiger partial charge in [-0.15, -0.1) is 0 Å². The van der Waals surface area contributed by atoms with Crippen molar-refractivity contribution in [3.8, 4) is 33.8 Å². The number of aliphatic hydroxyl groups is 1. The molecule has 10 aromatic rings. The number of amides is 6. The maximum absolute atomic E-state index is 12.6. The van der Waals surface area contributed by atoms with Gasteiger partial charge in [-0.3, -0.25) is 28.8 Å². The first kappa shape index (κ1) is 72.6. The molecule has 3 aliphatic rings. The van der Waals surface area contributed by atoms with Crippen molar-refractivity contribution in [1.82, 2.24) is 45.3 Å². The van der Waals surface area contributed by atoms with Crippen molar-refractivity contribution in [1.29, 1.82) is 0 Å². The molecule has 6 amide bonds. The van der Waals surface area contributed by atoms with Crippen molar-refractivity contribution in [2.45, 2.75) is 148 Å². The minimum Gasteiger partial charge on any atom is -0.390 e. The Labute approximate surface area is 598 Å². The smallest absolute Gasteiger partial charge is 0.254 e. The number of carbonyl (C=O) groups is 6. The number of rotatable bonds is 21. The first-order valence-electron chi connectivity index (χ1n) is 34.7. The summed E-state index contributed by atoms with van der Waals surface area (Å²) in [5.74, 6) is -1.30. The van der Waals surface area contributed by atoms with Gasteiger partial charge in [0.1, 0.15) is 51.2 Å². The van der Waals surface area contributed by atoms with E-state index >= 15 is 0 Å². The number of hydrogen-bond donors (Lipinski definition) is 10. The molecule has 0 aliphatic heterocycles. The maximum Gasteiger partial charge on any atom is 0.254 e. The van der Waals surface area contributed by atoms with Gasteiger partial charge in [-0.2, -0.15) is 15.3 Å². The summed E-state index contributed by atoms with van der Waals surface area (Å²) in [4.78, 5) is 74.0. The van der Waals surface area contributed by atoms with Gasteiger partial charge in [0.05, 0.1) is 36.4 Å². The van der Waals surface area contributed by atoms with Crippen LogP contribution in [0.2, 0.25) is 0 Å². The van der Waals surface area contributed by atoms with Gasteiger partial charge in [0.15, 0.2) is 0 Å². The highest BCUT2D eigenvalue weighted by Gasteiger charge is 2.35. The van der Waals surface area contributed by atoms with Gasteiger partial charge in [0.25, 0.3) is 35.4 Å². The normalized spacial score (nSPS) is 17.0. The molecule has 3 heterocycles. The zero-order chi connectivity index (χ0) is 73.1. The molecule has 0 radical (unpaired) electrons. The van der Waals surface area contributed by atoms with E-state index in [2.05, 4.69) is 38.3 Å². The Morgan fingerprint density at radius 3 is 1.01 bits per heavy atom. The first-order valence-corrected chi connectivity index (χ1v) is 34.7. The highest BCUT2D eigenvalue weighted by atomic mass is 16.5. The maximum atomic E-state index is 12.6. The van der Waals surface area contributed by atoms with Crippen LogP contribution < -0.4 is 50.4 Å².